The molecule has 6 heterocycles. The van der Waals surface area contributed by atoms with Gasteiger partial charge in [-0.1, -0.05) is 115 Å². The van der Waals surface area contributed by atoms with Crippen LogP contribution in [0.1, 0.15) is 78.0 Å². The predicted molar refractivity (Wildman–Crippen MR) is 292 cm³/mol. The SMILES string of the molecule is CC(C)(C)c1ccc(N2B3c4cc5sc6ccccc6c5cc4-n4c5cc6c(cc5c5c7sc8ccccc8c7c(c3c54)-c3cc4sc5ccccc5c4cc32)C(C)(C)CCC6(C)C)cc1. The molecule has 8 aromatic carbocycles. The minimum atomic E-state index is -0.0789. The van der Waals surface area contributed by atoms with E-state index in [1.807, 2.05) is 34.0 Å². The van der Waals surface area contributed by atoms with E-state index >= 15 is 0 Å². The number of nitrogens with zero attached hydrogens (tertiary/aromatic N) is 2. The summed E-state index contributed by atoms with van der Waals surface area (Å²) in [6.45, 7) is 16.8. The van der Waals surface area contributed by atoms with Crippen molar-refractivity contribution in [1.82, 2.24) is 4.57 Å². The van der Waals surface area contributed by atoms with Crippen LogP contribution in [0.2, 0.25) is 0 Å². The fourth-order valence-corrected chi connectivity index (χ4v) is 16.2. The van der Waals surface area contributed by atoms with Gasteiger partial charge in [-0.25, -0.2) is 0 Å². The molecule has 318 valence electrons. The van der Waals surface area contributed by atoms with Gasteiger partial charge in [0.2, 0.25) is 0 Å². The highest BCUT2D eigenvalue weighted by atomic mass is 32.1. The molecule has 0 N–H and O–H groups in total. The highest BCUT2D eigenvalue weighted by Gasteiger charge is 2.47. The van der Waals surface area contributed by atoms with E-state index in [0.29, 0.717) is 0 Å². The highest BCUT2D eigenvalue weighted by molar-refractivity contribution is 7.27. The Hall–Kier alpha value is -5.92. The van der Waals surface area contributed by atoms with Gasteiger partial charge in [0.15, 0.2) is 0 Å². The number of aromatic nitrogens is 1. The average molecular weight is 903 g/mol. The van der Waals surface area contributed by atoms with Crippen LogP contribution in [0.3, 0.4) is 0 Å². The predicted octanol–water partition coefficient (Wildman–Crippen LogP) is 16.8. The molecule has 0 amide bonds. The molecule has 1 aliphatic carbocycles. The molecule has 66 heavy (non-hydrogen) atoms. The van der Waals surface area contributed by atoms with E-state index in [1.165, 1.54) is 151 Å². The Labute approximate surface area is 396 Å². The molecule has 2 nitrogen and oxygen atoms in total. The van der Waals surface area contributed by atoms with Crippen LogP contribution < -0.4 is 15.7 Å². The minimum absolute atomic E-state index is 0.0396. The average Bonchev–Trinajstić information content (AvgIpc) is 4.07. The molecule has 0 fully saturated rings. The third-order valence-corrected chi connectivity index (χ3v) is 19.6. The summed E-state index contributed by atoms with van der Waals surface area (Å²) in [7, 11) is 0. The van der Waals surface area contributed by atoms with Crippen molar-refractivity contribution in [1.29, 1.82) is 0 Å². The molecule has 0 radical (unpaired) electrons. The van der Waals surface area contributed by atoms with Crippen LogP contribution >= 0.6 is 34.0 Å². The third-order valence-electron chi connectivity index (χ3n) is 16.2. The third kappa shape index (κ3) is 4.82. The minimum Gasteiger partial charge on any atom is -0.376 e. The van der Waals surface area contributed by atoms with Crippen LogP contribution in [-0.2, 0) is 16.2 Å². The Bertz CT molecular complexity index is 4170. The van der Waals surface area contributed by atoms with Crippen LogP contribution in [0, 0.1) is 0 Å². The van der Waals surface area contributed by atoms with Gasteiger partial charge in [0.1, 0.15) is 0 Å². The molecule has 0 atom stereocenters. The lowest BCUT2D eigenvalue weighted by atomic mass is 9.43. The standard InChI is InChI=1S/C60H47BN2S3/c1-58(2,3)32-20-22-33(23-21-32)63-45-27-37-34-14-8-11-17-47(34)64-50(37)29-40(45)52-53-36-16-10-13-19-49(36)66-57(53)54-39-26-41-42(60(6,7)25-24-59(41,4)5)30-44(39)62-46-28-38-35-15-9-12-18-48(35)65-51(38)31-43(46)61(63)55(52)56(54)62/h8-23,26-31H,24-25H2,1-7H3. The van der Waals surface area contributed by atoms with Crippen molar-refractivity contribution in [2.45, 2.75) is 77.6 Å². The molecular weight excluding hydrogens is 856 g/mol. The number of hydrogen-bond acceptors (Lipinski definition) is 4. The Balaban J connectivity index is 1.20. The van der Waals surface area contributed by atoms with Crippen LogP contribution in [0.5, 0.6) is 0 Å². The van der Waals surface area contributed by atoms with Crippen molar-refractivity contribution < 1.29 is 0 Å². The van der Waals surface area contributed by atoms with Crippen molar-refractivity contribution in [3.63, 3.8) is 0 Å². The van der Waals surface area contributed by atoms with E-state index < -0.39 is 0 Å². The molecule has 2 aliphatic heterocycles. The van der Waals surface area contributed by atoms with Crippen LogP contribution in [-0.4, -0.2) is 11.4 Å². The first-order chi connectivity index (χ1) is 31.8. The number of rotatable bonds is 1. The normalized spacial score (nSPS) is 16.2. The first-order valence-corrected chi connectivity index (χ1v) is 26.1. The first-order valence-electron chi connectivity index (χ1n) is 23.7. The van der Waals surface area contributed by atoms with E-state index in [9.17, 15) is 0 Å². The molecule has 0 saturated heterocycles. The van der Waals surface area contributed by atoms with E-state index in [1.54, 1.807) is 0 Å². The van der Waals surface area contributed by atoms with E-state index in [2.05, 4.69) is 191 Å². The maximum absolute atomic E-state index is 2.76. The van der Waals surface area contributed by atoms with Crippen LogP contribution in [0.25, 0.3) is 99.1 Å². The van der Waals surface area contributed by atoms with Crippen LogP contribution in [0.15, 0.2) is 133 Å². The lowest BCUT2D eigenvalue weighted by Crippen LogP contribution is -2.60. The van der Waals surface area contributed by atoms with Gasteiger partial charge < -0.3 is 9.38 Å². The Morgan fingerprint density at radius 3 is 1.76 bits per heavy atom. The number of thiophene rings is 3. The van der Waals surface area contributed by atoms with E-state index in [0.717, 1.165) is 0 Å². The maximum Gasteiger partial charge on any atom is 0.333 e. The summed E-state index contributed by atoms with van der Waals surface area (Å²) in [5.74, 6) is 0. The molecule has 0 spiro atoms. The van der Waals surface area contributed by atoms with Gasteiger partial charge in [0, 0.05) is 93.9 Å². The maximum atomic E-state index is 2.76. The van der Waals surface area contributed by atoms with Gasteiger partial charge in [0.25, 0.3) is 0 Å². The molecule has 0 saturated carbocycles. The Morgan fingerprint density at radius 1 is 0.530 bits per heavy atom. The van der Waals surface area contributed by atoms with Gasteiger partial charge in [-0.05, 0) is 129 Å². The summed E-state index contributed by atoms with van der Waals surface area (Å²) in [5.41, 5.74) is 16.7. The number of benzene rings is 8. The Kier molecular flexibility index (Phi) is 7.26. The van der Waals surface area contributed by atoms with Crippen molar-refractivity contribution in [3.05, 3.63) is 150 Å². The molecule has 6 heteroatoms. The second kappa shape index (κ2) is 12.5. The smallest absolute Gasteiger partial charge is 0.333 e. The summed E-state index contributed by atoms with van der Waals surface area (Å²) < 4.78 is 10.9. The summed E-state index contributed by atoms with van der Waals surface area (Å²) >= 11 is 5.87. The molecule has 0 bridgehead atoms. The van der Waals surface area contributed by atoms with E-state index in [4.69, 9.17) is 0 Å². The molecule has 15 rings (SSSR count). The number of hydrogen-bond donors (Lipinski definition) is 0. The molecule has 0 unspecified atom stereocenters. The van der Waals surface area contributed by atoms with Gasteiger partial charge >= 0.3 is 6.85 Å². The lowest BCUT2D eigenvalue weighted by molar-refractivity contribution is 0.332. The molecule has 4 aromatic heterocycles. The first kappa shape index (κ1) is 38.2. The summed E-state index contributed by atoms with van der Waals surface area (Å²) in [5, 5.41) is 10.9. The largest absolute Gasteiger partial charge is 0.376 e. The summed E-state index contributed by atoms with van der Waals surface area (Å²) in [6, 6.07) is 52.6. The zero-order valence-electron chi connectivity index (χ0n) is 38.3. The van der Waals surface area contributed by atoms with E-state index in [-0.39, 0.29) is 23.1 Å². The lowest BCUT2D eigenvalue weighted by Gasteiger charge is -2.42. The van der Waals surface area contributed by atoms with Crippen LogP contribution in [0.4, 0.5) is 11.4 Å². The fourth-order valence-electron chi connectivity index (χ4n) is 12.7. The molecule has 3 aliphatic rings. The second-order valence-corrected chi connectivity index (χ2v) is 25.1. The zero-order valence-corrected chi connectivity index (χ0v) is 40.8. The summed E-state index contributed by atoms with van der Waals surface area (Å²) in [4.78, 5) is 2.76. The van der Waals surface area contributed by atoms with Gasteiger partial charge in [0.05, 0.1) is 11.0 Å². The van der Waals surface area contributed by atoms with Crippen molar-refractivity contribution in [3.8, 4) is 16.8 Å². The highest BCUT2D eigenvalue weighted by Crippen LogP contribution is 2.56. The molecular formula is C60H47BN2S3. The number of anilines is 2. The van der Waals surface area contributed by atoms with Gasteiger partial charge in [-0.2, -0.15) is 0 Å². The van der Waals surface area contributed by atoms with Crippen molar-refractivity contribution in [2.75, 3.05) is 4.81 Å². The van der Waals surface area contributed by atoms with Crippen molar-refractivity contribution in [2.24, 2.45) is 0 Å². The zero-order chi connectivity index (χ0) is 44.3. The summed E-state index contributed by atoms with van der Waals surface area (Å²) in [6.07, 6.45) is 2.37. The molecule has 12 aromatic rings. The Morgan fingerprint density at radius 2 is 1.11 bits per heavy atom. The van der Waals surface area contributed by atoms with Gasteiger partial charge in [-0.15, -0.1) is 34.0 Å². The second-order valence-electron chi connectivity index (χ2n) is 21.9. The monoisotopic (exact) mass is 902 g/mol. The van der Waals surface area contributed by atoms with Crippen molar-refractivity contribution >= 4 is 145 Å². The number of fused-ring (bicyclic) bond motifs is 20. The topological polar surface area (TPSA) is 8.17 Å². The fraction of sp³-hybridized carbons (Fsp3) is 0.200. The van der Waals surface area contributed by atoms with Gasteiger partial charge in [-0.3, -0.25) is 0 Å². The quantitative estimate of drug-likeness (QED) is 0.149.